The Balaban J connectivity index is 1.88. The zero-order chi connectivity index (χ0) is 15.3. The predicted molar refractivity (Wildman–Crippen MR) is 84.9 cm³/mol. The number of amides is 2. The molecule has 1 saturated heterocycles. The average molecular weight is 312 g/mol. The zero-order valence-corrected chi connectivity index (χ0v) is 13.0. The van der Waals surface area contributed by atoms with E-state index in [4.69, 9.17) is 11.6 Å². The third-order valence-corrected chi connectivity index (χ3v) is 4.27. The van der Waals surface area contributed by atoms with Crippen molar-refractivity contribution in [2.75, 3.05) is 25.0 Å². The number of hydrogen-bond acceptors (Lipinski definition) is 3. The first-order chi connectivity index (χ1) is 10.0. The number of rotatable bonds is 3. The maximum absolute atomic E-state index is 12.0. The number of carbonyl (C=O) groups excluding carboxylic acids is 1. The van der Waals surface area contributed by atoms with Crippen LogP contribution in [-0.2, 0) is 0 Å². The summed E-state index contributed by atoms with van der Waals surface area (Å²) in [6.45, 7) is 3.78. The van der Waals surface area contributed by atoms with Gasteiger partial charge in [-0.3, -0.25) is 0 Å². The molecule has 1 fully saturated rings. The summed E-state index contributed by atoms with van der Waals surface area (Å²) >= 11 is 6.02. The van der Waals surface area contributed by atoms with Gasteiger partial charge >= 0.3 is 6.03 Å². The topological polar surface area (TPSA) is 73.4 Å². The van der Waals surface area contributed by atoms with Crippen molar-refractivity contribution in [3.05, 3.63) is 28.8 Å². The van der Waals surface area contributed by atoms with E-state index in [2.05, 4.69) is 16.0 Å². The molecule has 1 aliphatic heterocycles. The van der Waals surface area contributed by atoms with Crippen LogP contribution in [0.25, 0.3) is 0 Å². The third kappa shape index (κ3) is 4.59. The Morgan fingerprint density at radius 3 is 3.05 bits per heavy atom. The van der Waals surface area contributed by atoms with Crippen LogP contribution in [0.3, 0.4) is 0 Å². The molecule has 0 unspecified atom stereocenters. The first kappa shape index (κ1) is 16.1. The van der Waals surface area contributed by atoms with Gasteiger partial charge in [0.15, 0.2) is 0 Å². The second-order valence-electron chi connectivity index (χ2n) is 5.55. The quantitative estimate of drug-likeness (QED) is 0.692. The molecule has 4 N–H and O–H groups in total. The Kier molecular flexibility index (Phi) is 5.45. The van der Waals surface area contributed by atoms with Gasteiger partial charge in [-0.2, -0.15) is 0 Å². The van der Waals surface area contributed by atoms with Crippen LogP contribution < -0.4 is 16.0 Å². The van der Waals surface area contributed by atoms with Crippen LogP contribution >= 0.6 is 11.6 Å². The molecular formula is C15H22ClN3O2. The molecule has 1 atom stereocenters. The van der Waals surface area contributed by atoms with Crippen LogP contribution in [0.4, 0.5) is 10.5 Å². The highest BCUT2D eigenvalue weighted by atomic mass is 35.5. The number of benzene rings is 1. The summed E-state index contributed by atoms with van der Waals surface area (Å²) < 4.78 is 0. The molecule has 0 spiro atoms. The van der Waals surface area contributed by atoms with Crippen molar-refractivity contribution in [3.8, 4) is 0 Å². The minimum absolute atomic E-state index is 0.250. The van der Waals surface area contributed by atoms with Gasteiger partial charge in [0.1, 0.15) is 0 Å². The lowest BCUT2D eigenvalue weighted by Gasteiger charge is -2.26. The van der Waals surface area contributed by atoms with E-state index >= 15 is 0 Å². The molecule has 2 amide bonds. The van der Waals surface area contributed by atoms with Gasteiger partial charge in [0.25, 0.3) is 0 Å². The van der Waals surface area contributed by atoms with E-state index in [1.165, 1.54) is 0 Å². The van der Waals surface area contributed by atoms with E-state index in [0.717, 1.165) is 25.1 Å². The van der Waals surface area contributed by atoms with Crippen molar-refractivity contribution in [2.45, 2.75) is 31.8 Å². The lowest BCUT2D eigenvalue weighted by molar-refractivity contribution is 0.0312. The van der Waals surface area contributed by atoms with E-state index < -0.39 is 5.60 Å². The molecule has 1 heterocycles. The van der Waals surface area contributed by atoms with Gasteiger partial charge in [0, 0.05) is 17.3 Å². The van der Waals surface area contributed by atoms with Crippen LogP contribution in [0.2, 0.25) is 5.02 Å². The fourth-order valence-corrected chi connectivity index (χ4v) is 2.62. The van der Waals surface area contributed by atoms with E-state index in [0.29, 0.717) is 23.6 Å². The van der Waals surface area contributed by atoms with Gasteiger partial charge in [0.2, 0.25) is 0 Å². The van der Waals surface area contributed by atoms with Crippen molar-refractivity contribution >= 4 is 23.3 Å². The minimum atomic E-state index is -0.829. The largest absolute Gasteiger partial charge is 0.388 e. The monoisotopic (exact) mass is 311 g/mol. The Bertz CT molecular complexity index is 500. The van der Waals surface area contributed by atoms with Crippen LogP contribution in [-0.4, -0.2) is 36.4 Å². The molecule has 0 radical (unpaired) electrons. The number of anilines is 1. The highest BCUT2D eigenvalue weighted by molar-refractivity contribution is 6.31. The lowest BCUT2D eigenvalue weighted by Crippen LogP contribution is -2.44. The Morgan fingerprint density at radius 1 is 1.43 bits per heavy atom. The zero-order valence-electron chi connectivity index (χ0n) is 12.2. The maximum Gasteiger partial charge on any atom is 0.319 e. The van der Waals surface area contributed by atoms with Crippen LogP contribution in [0.5, 0.6) is 0 Å². The van der Waals surface area contributed by atoms with Gasteiger partial charge in [-0.25, -0.2) is 4.79 Å². The number of carbonyl (C=O) groups is 1. The molecule has 0 saturated carbocycles. The SMILES string of the molecule is Cc1c(Cl)cccc1NC(=O)NC[C@@]1(O)CCCNCC1. The second-order valence-corrected chi connectivity index (χ2v) is 5.96. The predicted octanol–water partition coefficient (Wildman–Crippen LogP) is 2.27. The number of aliphatic hydroxyl groups is 1. The van der Waals surface area contributed by atoms with E-state index in [1.54, 1.807) is 18.2 Å². The molecule has 116 valence electrons. The highest BCUT2D eigenvalue weighted by Gasteiger charge is 2.28. The van der Waals surface area contributed by atoms with Crippen molar-refractivity contribution < 1.29 is 9.90 Å². The van der Waals surface area contributed by atoms with Crippen molar-refractivity contribution in [2.24, 2.45) is 0 Å². The molecule has 21 heavy (non-hydrogen) atoms. The Hall–Kier alpha value is -1.30. The van der Waals surface area contributed by atoms with Gasteiger partial charge in [-0.15, -0.1) is 0 Å². The van der Waals surface area contributed by atoms with Crippen molar-refractivity contribution in [1.29, 1.82) is 0 Å². The molecule has 0 aromatic heterocycles. The molecular weight excluding hydrogens is 290 g/mol. The molecule has 1 aromatic carbocycles. The van der Waals surface area contributed by atoms with Gasteiger partial charge < -0.3 is 21.1 Å². The lowest BCUT2D eigenvalue weighted by atomic mass is 9.95. The van der Waals surface area contributed by atoms with Crippen molar-refractivity contribution in [3.63, 3.8) is 0 Å². The number of urea groups is 1. The molecule has 6 heteroatoms. The van der Waals surface area contributed by atoms with E-state index in [-0.39, 0.29) is 12.6 Å². The molecule has 1 aliphatic rings. The van der Waals surface area contributed by atoms with E-state index in [1.807, 2.05) is 6.92 Å². The van der Waals surface area contributed by atoms with Crippen LogP contribution in [0.15, 0.2) is 18.2 Å². The molecule has 0 bridgehead atoms. The van der Waals surface area contributed by atoms with Crippen LogP contribution in [0, 0.1) is 6.92 Å². The van der Waals surface area contributed by atoms with Gasteiger partial charge in [-0.05, 0) is 57.0 Å². The second kappa shape index (κ2) is 7.11. The maximum atomic E-state index is 12.0. The van der Waals surface area contributed by atoms with Gasteiger partial charge in [0.05, 0.1) is 5.60 Å². The number of halogens is 1. The standard InChI is InChI=1S/C15H22ClN3O2/c1-11-12(16)4-2-5-13(11)19-14(20)18-10-15(21)6-3-8-17-9-7-15/h2,4-5,17,21H,3,6-10H2,1H3,(H2,18,19,20)/t15-/m1/s1. The molecule has 5 nitrogen and oxygen atoms in total. The summed E-state index contributed by atoms with van der Waals surface area (Å²) in [5.41, 5.74) is 0.672. The first-order valence-electron chi connectivity index (χ1n) is 7.23. The first-order valence-corrected chi connectivity index (χ1v) is 7.61. The average Bonchev–Trinajstić information content (AvgIpc) is 2.67. The number of hydrogen-bond donors (Lipinski definition) is 4. The molecule has 0 aliphatic carbocycles. The minimum Gasteiger partial charge on any atom is -0.388 e. The third-order valence-electron chi connectivity index (χ3n) is 3.86. The molecule has 2 rings (SSSR count). The summed E-state index contributed by atoms with van der Waals surface area (Å²) in [5.74, 6) is 0. The Morgan fingerprint density at radius 2 is 2.24 bits per heavy atom. The highest BCUT2D eigenvalue weighted by Crippen LogP contribution is 2.23. The molecule has 1 aromatic rings. The fourth-order valence-electron chi connectivity index (χ4n) is 2.44. The smallest absolute Gasteiger partial charge is 0.319 e. The number of nitrogens with one attached hydrogen (secondary N) is 3. The van der Waals surface area contributed by atoms with Crippen LogP contribution in [0.1, 0.15) is 24.8 Å². The summed E-state index contributed by atoms with van der Waals surface area (Å²) in [5, 5.41) is 19.8. The van der Waals surface area contributed by atoms with Gasteiger partial charge in [-0.1, -0.05) is 17.7 Å². The summed E-state index contributed by atoms with van der Waals surface area (Å²) in [4.78, 5) is 12.0. The Labute approximate surface area is 130 Å². The van der Waals surface area contributed by atoms with E-state index in [9.17, 15) is 9.90 Å². The summed E-state index contributed by atoms with van der Waals surface area (Å²) in [6, 6.07) is 5.04. The normalized spacial score (nSPS) is 22.4. The summed E-state index contributed by atoms with van der Waals surface area (Å²) in [6.07, 6.45) is 2.24. The van der Waals surface area contributed by atoms with Crippen molar-refractivity contribution in [1.82, 2.24) is 10.6 Å². The summed E-state index contributed by atoms with van der Waals surface area (Å²) in [7, 11) is 0. The fraction of sp³-hybridized carbons (Fsp3) is 0.533.